The van der Waals surface area contributed by atoms with Crippen LogP contribution in [0.3, 0.4) is 0 Å². The van der Waals surface area contributed by atoms with Crippen molar-refractivity contribution in [1.29, 1.82) is 0 Å². The molecule has 0 aliphatic carbocycles. The SMILES string of the molecule is CCOc1ccccc1NC(=O)NCCc1ccc(C(C)=O)s1. The minimum Gasteiger partial charge on any atom is -0.492 e. The number of rotatable bonds is 7. The number of Topliss-reactive ketones (excluding diaryl/α,β-unsaturated/α-hetero) is 1. The first-order chi connectivity index (χ1) is 11.1. The lowest BCUT2D eigenvalue weighted by Gasteiger charge is -2.11. The molecule has 1 aromatic carbocycles. The summed E-state index contributed by atoms with van der Waals surface area (Å²) in [7, 11) is 0. The molecule has 2 amide bonds. The van der Waals surface area contributed by atoms with E-state index in [0.29, 0.717) is 31.0 Å². The summed E-state index contributed by atoms with van der Waals surface area (Å²) in [4.78, 5) is 25.0. The number of thiophene rings is 1. The monoisotopic (exact) mass is 332 g/mol. The number of carbonyl (C=O) groups is 2. The smallest absolute Gasteiger partial charge is 0.319 e. The Labute approximate surface area is 139 Å². The average molecular weight is 332 g/mol. The molecule has 6 heteroatoms. The minimum atomic E-state index is -0.277. The van der Waals surface area contributed by atoms with Crippen LogP contribution in [-0.4, -0.2) is 25.0 Å². The van der Waals surface area contributed by atoms with Crippen molar-refractivity contribution >= 4 is 28.8 Å². The fourth-order valence-electron chi connectivity index (χ4n) is 2.02. The maximum Gasteiger partial charge on any atom is 0.319 e. The number of carbonyl (C=O) groups excluding carboxylic acids is 2. The minimum absolute atomic E-state index is 0.0690. The third kappa shape index (κ3) is 5.10. The van der Waals surface area contributed by atoms with Gasteiger partial charge in [-0.1, -0.05) is 12.1 Å². The molecule has 0 saturated heterocycles. The van der Waals surface area contributed by atoms with Crippen LogP contribution < -0.4 is 15.4 Å². The van der Waals surface area contributed by atoms with Gasteiger partial charge in [-0.25, -0.2) is 4.79 Å². The van der Waals surface area contributed by atoms with Gasteiger partial charge in [0.2, 0.25) is 0 Å². The van der Waals surface area contributed by atoms with E-state index in [2.05, 4.69) is 10.6 Å². The summed E-state index contributed by atoms with van der Waals surface area (Å²) < 4.78 is 5.46. The number of nitrogens with one attached hydrogen (secondary N) is 2. The molecule has 2 aromatic rings. The Morgan fingerprint density at radius 3 is 2.65 bits per heavy atom. The van der Waals surface area contributed by atoms with E-state index in [1.807, 2.05) is 37.3 Å². The molecule has 0 radical (unpaired) electrons. The molecule has 0 unspecified atom stereocenters. The quantitative estimate of drug-likeness (QED) is 0.760. The molecule has 0 spiro atoms. The maximum atomic E-state index is 11.9. The molecular weight excluding hydrogens is 312 g/mol. The molecule has 1 heterocycles. The van der Waals surface area contributed by atoms with E-state index >= 15 is 0 Å². The lowest BCUT2D eigenvalue weighted by molar-refractivity contribution is 0.102. The number of urea groups is 1. The summed E-state index contributed by atoms with van der Waals surface area (Å²) in [5, 5.41) is 5.58. The second kappa shape index (κ2) is 8.33. The van der Waals surface area contributed by atoms with Crippen molar-refractivity contribution in [2.24, 2.45) is 0 Å². The Kier molecular flexibility index (Phi) is 6.17. The van der Waals surface area contributed by atoms with Gasteiger partial charge in [-0.15, -0.1) is 11.3 Å². The highest BCUT2D eigenvalue weighted by Crippen LogP contribution is 2.23. The molecule has 1 aromatic heterocycles. The van der Waals surface area contributed by atoms with Crippen molar-refractivity contribution in [3.8, 4) is 5.75 Å². The molecule has 0 fully saturated rings. The van der Waals surface area contributed by atoms with E-state index in [9.17, 15) is 9.59 Å². The molecule has 0 bridgehead atoms. The molecule has 0 atom stereocenters. The molecule has 2 N–H and O–H groups in total. The number of ketones is 1. The van der Waals surface area contributed by atoms with E-state index < -0.39 is 0 Å². The summed E-state index contributed by atoms with van der Waals surface area (Å²) >= 11 is 1.46. The standard InChI is InChI=1S/C17H20N2O3S/c1-3-22-15-7-5-4-6-14(15)19-17(21)18-11-10-13-8-9-16(23-13)12(2)20/h4-9H,3,10-11H2,1-2H3,(H2,18,19,21). The van der Waals surface area contributed by atoms with Gasteiger partial charge < -0.3 is 15.4 Å². The number of benzene rings is 1. The molecule has 5 nitrogen and oxygen atoms in total. The zero-order valence-corrected chi connectivity index (χ0v) is 14.0. The van der Waals surface area contributed by atoms with Crippen LogP contribution in [0.4, 0.5) is 10.5 Å². The number of hydrogen-bond acceptors (Lipinski definition) is 4. The van der Waals surface area contributed by atoms with E-state index in [1.54, 1.807) is 13.0 Å². The third-order valence-corrected chi connectivity index (χ3v) is 4.35. The van der Waals surface area contributed by atoms with Crippen LogP contribution in [0, 0.1) is 0 Å². The van der Waals surface area contributed by atoms with Gasteiger partial charge in [-0.2, -0.15) is 0 Å². The largest absolute Gasteiger partial charge is 0.492 e. The van der Waals surface area contributed by atoms with Gasteiger partial charge in [0.1, 0.15) is 5.75 Å². The molecule has 23 heavy (non-hydrogen) atoms. The van der Waals surface area contributed by atoms with E-state index in [0.717, 1.165) is 9.75 Å². The van der Waals surface area contributed by atoms with Crippen LogP contribution in [0.25, 0.3) is 0 Å². The molecule has 0 aliphatic rings. The van der Waals surface area contributed by atoms with Crippen molar-refractivity contribution < 1.29 is 14.3 Å². The summed E-state index contributed by atoms with van der Waals surface area (Å²) in [6.07, 6.45) is 0.693. The summed E-state index contributed by atoms with van der Waals surface area (Å²) in [5.41, 5.74) is 0.641. The Balaban J connectivity index is 1.82. The predicted molar refractivity (Wildman–Crippen MR) is 92.7 cm³/mol. The normalized spacial score (nSPS) is 10.2. The lowest BCUT2D eigenvalue weighted by atomic mass is 10.3. The lowest BCUT2D eigenvalue weighted by Crippen LogP contribution is -2.30. The second-order valence-electron chi connectivity index (χ2n) is 4.88. The van der Waals surface area contributed by atoms with Crippen molar-refractivity contribution in [3.05, 3.63) is 46.2 Å². The highest BCUT2D eigenvalue weighted by Gasteiger charge is 2.08. The first-order valence-corrected chi connectivity index (χ1v) is 8.28. The summed E-state index contributed by atoms with van der Waals surface area (Å²) in [6, 6.07) is 10.8. The molecule has 122 valence electrons. The Morgan fingerprint density at radius 2 is 1.96 bits per heavy atom. The van der Waals surface area contributed by atoms with Crippen LogP contribution >= 0.6 is 11.3 Å². The number of amides is 2. The predicted octanol–water partition coefficient (Wildman–Crippen LogP) is 3.71. The van der Waals surface area contributed by atoms with Gasteiger partial charge in [0, 0.05) is 11.4 Å². The zero-order chi connectivity index (χ0) is 16.7. The highest BCUT2D eigenvalue weighted by molar-refractivity contribution is 7.14. The van der Waals surface area contributed by atoms with Crippen molar-refractivity contribution in [2.45, 2.75) is 20.3 Å². The van der Waals surface area contributed by atoms with E-state index in [-0.39, 0.29) is 11.8 Å². The van der Waals surface area contributed by atoms with Crippen molar-refractivity contribution in [2.75, 3.05) is 18.5 Å². The van der Waals surface area contributed by atoms with Crippen LogP contribution in [-0.2, 0) is 6.42 Å². The first-order valence-electron chi connectivity index (χ1n) is 7.46. The van der Waals surface area contributed by atoms with Crippen LogP contribution in [0.15, 0.2) is 36.4 Å². The summed E-state index contributed by atoms with van der Waals surface area (Å²) in [5.74, 6) is 0.717. The maximum absolute atomic E-state index is 11.9. The van der Waals surface area contributed by atoms with Gasteiger partial charge >= 0.3 is 6.03 Å². The average Bonchev–Trinajstić information content (AvgIpc) is 2.99. The van der Waals surface area contributed by atoms with Gasteiger partial charge in [-0.05, 0) is 44.5 Å². The number of anilines is 1. The van der Waals surface area contributed by atoms with Gasteiger partial charge in [0.25, 0.3) is 0 Å². The summed E-state index contributed by atoms with van der Waals surface area (Å²) in [6.45, 7) is 4.49. The molecule has 0 aliphatic heterocycles. The van der Waals surface area contributed by atoms with Gasteiger partial charge in [0.15, 0.2) is 5.78 Å². The number of ether oxygens (including phenoxy) is 1. The van der Waals surface area contributed by atoms with Crippen LogP contribution in [0.1, 0.15) is 28.4 Å². The Morgan fingerprint density at radius 1 is 1.17 bits per heavy atom. The van der Waals surface area contributed by atoms with Crippen molar-refractivity contribution in [3.63, 3.8) is 0 Å². The molecule has 0 saturated carbocycles. The van der Waals surface area contributed by atoms with Crippen LogP contribution in [0.5, 0.6) is 5.75 Å². The fourth-order valence-corrected chi connectivity index (χ4v) is 2.92. The van der Waals surface area contributed by atoms with Gasteiger partial charge in [0.05, 0.1) is 17.2 Å². The number of hydrogen-bond donors (Lipinski definition) is 2. The third-order valence-electron chi connectivity index (χ3n) is 3.10. The molecular formula is C17H20N2O3S. The first kappa shape index (κ1) is 17.0. The Bertz CT molecular complexity index is 682. The second-order valence-corrected chi connectivity index (χ2v) is 6.05. The highest BCUT2D eigenvalue weighted by atomic mass is 32.1. The fraction of sp³-hybridized carbons (Fsp3) is 0.294. The van der Waals surface area contributed by atoms with Crippen LogP contribution in [0.2, 0.25) is 0 Å². The Hall–Kier alpha value is -2.34. The van der Waals surface area contributed by atoms with Crippen molar-refractivity contribution in [1.82, 2.24) is 5.32 Å². The van der Waals surface area contributed by atoms with E-state index in [1.165, 1.54) is 11.3 Å². The molecule has 2 rings (SSSR count). The topological polar surface area (TPSA) is 67.4 Å². The van der Waals surface area contributed by atoms with Gasteiger partial charge in [-0.3, -0.25) is 4.79 Å². The number of para-hydroxylation sites is 2. The van der Waals surface area contributed by atoms with E-state index in [4.69, 9.17) is 4.74 Å². The zero-order valence-electron chi connectivity index (χ0n) is 13.2.